The van der Waals surface area contributed by atoms with Crippen molar-refractivity contribution in [3.05, 3.63) is 122 Å². The number of nitrogens with zero attached hydrogens (tertiary/aromatic N) is 2. The standard InChI is InChI=1S/C27H21F4N3O2S/c28-20-13-7-5-11-18(20)23-24(35)33(14-21(32)16-8-2-1-3-9-16)26(36)34-22(15-37-25(23)34)17-10-4-6-12-19(17)27(29,30)31/h1-13,21-22H,14-15,32H2. The fourth-order valence-corrected chi connectivity index (χ4v) is 5.96. The van der Waals surface area contributed by atoms with E-state index in [1.54, 1.807) is 36.4 Å². The average Bonchev–Trinajstić information content (AvgIpc) is 3.32. The summed E-state index contributed by atoms with van der Waals surface area (Å²) in [4.78, 5) is 27.4. The Labute approximate surface area is 213 Å². The third-order valence-corrected chi connectivity index (χ3v) is 7.55. The zero-order chi connectivity index (χ0) is 26.3. The SMILES string of the molecule is NC(Cn1c(=O)c(-c2ccccc2F)c2n(c1=O)C(c1ccccc1C(F)(F)F)CS2)c1ccccc1. The fraction of sp³-hybridized carbons (Fsp3) is 0.185. The monoisotopic (exact) mass is 527 g/mol. The Balaban J connectivity index is 1.76. The maximum Gasteiger partial charge on any atom is 0.416 e. The van der Waals surface area contributed by atoms with Gasteiger partial charge in [0.05, 0.1) is 28.7 Å². The molecule has 37 heavy (non-hydrogen) atoms. The normalized spacial score (nSPS) is 16.0. The molecule has 0 saturated heterocycles. The van der Waals surface area contributed by atoms with E-state index in [4.69, 9.17) is 5.73 Å². The Hall–Kier alpha value is -3.63. The van der Waals surface area contributed by atoms with E-state index in [1.807, 2.05) is 0 Å². The molecule has 5 nitrogen and oxygen atoms in total. The Bertz CT molecular complexity index is 1580. The van der Waals surface area contributed by atoms with E-state index in [0.717, 1.165) is 22.4 Å². The fourth-order valence-electron chi connectivity index (χ4n) is 4.63. The summed E-state index contributed by atoms with van der Waals surface area (Å²) in [6.07, 6.45) is -4.65. The first-order chi connectivity index (χ1) is 17.7. The van der Waals surface area contributed by atoms with Crippen LogP contribution < -0.4 is 17.0 Å². The second-order valence-corrected chi connectivity index (χ2v) is 9.67. The summed E-state index contributed by atoms with van der Waals surface area (Å²) in [6, 6.07) is 17.7. The Morgan fingerprint density at radius 1 is 0.946 bits per heavy atom. The van der Waals surface area contributed by atoms with Gasteiger partial charge in [-0.2, -0.15) is 13.2 Å². The Morgan fingerprint density at radius 3 is 2.30 bits per heavy atom. The minimum Gasteiger partial charge on any atom is -0.322 e. The van der Waals surface area contributed by atoms with Crippen LogP contribution in [0.5, 0.6) is 0 Å². The third kappa shape index (κ3) is 4.51. The molecule has 0 bridgehead atoms. The molecule has 0 radical (unpaired) electrons. The number of fused-ring (bicyclic) bond motifs is 1. The summed E-state index contributed by atoms with van der Waals surface area (Å²) in [7, 11) is 0. The number of thioether (sulfide) groups is 1. The van der Waals surface area contributed by atoms with Gasteiger partial charge in [-0.05, 0) is 23.3 Å². The molecule has 2 heterocycles. The van der Waals surface area contributed by atoms with E-state index < -0.39 is 40.9 Å². The van der Waals surface area contributed by atoms with Gasteiger partial charge >= 0.3 is 11.9 Å². The molecule has 2 N–H and O–H groups in total. The first-order valence-electron chi connectivity index (χ1n) is 11.4. The highest BCUT2D eigenvalue weighted by atomic mass is 32.2. The van der Waals surface area contributed by atoms with Crippen LogP contribution in [0.2, 0.25) is 0 Å². The maximum atomic E-state index is 14.9. The van der Waals surface area contributed by atoms with E-state index in [0.29, 0.717) is 5.56 Å². The van der Waals surface area contributed by atoms with Gasteiger partial charge in [-0.25, -0.2) is 9.18 Å². The average molecular weight is 528 g/mol. The lowest BCUT2D eigenvalue weighted by atomic mass is 10.0. The molecule has 1 aliphatic heterocycles. The molecule has 0 aliphatic carbocycles. The van der Waals surface area contributed by atoms with Crippen LogP contribution in [0.15, 0.2) is 93.5 Å². The minimum atomic E-state index is -4.65. The van der Waals surface area contributed by atoms with E-state index in [1.165, 1.54) is 41.0 Å². The number of rotatable bonds is 5. The molecule has 3 aromatic carbocycles. The molecule has 0 fully saturated rings. The summed E-state index contributed by atoms with van der Waals surface area (Å²) in [6.45, 7) is -0.234. The summed E-state index contributed by atoms with van der Waals surface area (Å²) in [5.41, 5.74) is 4.38. The molecular weight excluding hydrogens is 506 g/mol. The molecule has 1 aliphatic rings. The number of nitrogens with two attached hydrogens (primary N) is 1. The van der Waals surface area contributed by atoms with Gasteiger partial charge in [0.2, 0.25) is 0 Å². The molecule has 0 amide bonds. The second-order valence-electron chi connectivity index (χ2n) is 8.66. The largest absolute Gasteiger partial charge is 0.416 e. The molecule has 10 heteroatoms. The Kier molecular flexibility index (Phi) is 6.55. The van der Waals surface area contributed by atoms with Gasteiger partial charge in [-0.1, -0.05) is 66.7 Å². The summed E-state index contributed by atoms with van der Waals surface area (Å²) in [5.74, 6) is -0.613. The van der Waals surface area contributed by atoms with Crippen molar-refractivity contribution in [1.82, 2.24) is 9.13 Å². The number of benzene rings is 3. The van der Waals surface area contributed by atoms with Crippen molar-refractivity contribution in [3.63, 3.8) is 0 Å². The van der Waals surface area contributed by atoms with Crippen LogP contribution in [0.3, 0.4) is 0 Å². The van der Waals surface area contributed by atoms with Gasteiger partial charge in [-0.15, -0.1) is 11.8 Å². The van der Waals surface area contributed by atoms with Crippen LogP contribution in [0, 0.1) is 5.82 Å². The summed E-state index contributed by atoms with van der Waals surface area (Å²) in [5, 5.41) is 0.131. The highest BCUT2D eigenvalue weighted by Crippen LogP contribution is 2.44. The molecule has 1 aromatic heterocycles. The zero-order valence-corrected chi connectivity index (χ0v) is 20.1. The third-order valence-electron chi connectivity index (χ3n) is 6.39. The number of hydrogen-bond donors (Lipinski definition) is 1. The minimum absolute atomic E-state index is 0.0319. The highest BCUT2D eigenvalue weighted by molar-refractivity contribution is 7.99. The van der Waals surface area contributed by atoms with Crippen LogP contribution in [0.25, 0.3) is 11.1 Å². The van der Waals surface area contributed by atoms with Crippen LogP contribution in [-0.4, -0.2) is 14.9 Å². The quantitative estimate of drug-likeness (QED) is 0.285. The van der Waals surface area contributed by atoms with Gasteiger partial charge in [0, 0.05) is 17.4 Å². The van der Waals surface area contributed by atoms with E-state index in [-0.39, 0.29) is 34.0 Å². The molecular formula is C27H21F4N3O2S. The second kappa shape index (κ2) is 9.68. The zero-order valence-electron chi connectivity index (χ0n) is 19.3. The van der Waals surface area contributed by atoms with Gasteiger partial charge in [0.1, 0.15) is 5.82 Å². The van der Waals surface area contributed by atoms with Crippen molar-refractivity contribution >= 4 is 11.8 Å². The molecule has 4 aromatic rings. The summed E-state index contributed by atoms with van der Waals surface area (Å²) < 4.78 is 58.6. The van der Waals surface area contributed by atoms with Gasteiger partial charge in [0.15, 0.2) is 0 Å². The maximum absolute atomic E-state index is 14.9. The number of alkyl halides is 3. The van der Waals surface area contributed by atoms with Crippen LogP contribution in [-0.2, 0) is 12.7 Å². The van der Waals surface area contributed by atoms with Crippen molar-refractivity contribution < 1.29 is 17.6 Å². The van der Waals surface area contributed by atoms with Crippen molar-refractivity contribution in [3.8, 4) is 11.1 Å². The first kappa shape index (κ1) is 25.0. The molecule has 0 saturated carbocycles. The molecule has 2 unspecified atom stereocenters. The van der Waals surface area contributed by atoms with Gasteiger partial charge in [0.25, 0.3) is 5.56 Å². The first-order valence-corrected chi connectivity index (χ1v) is 12.4. The van der Waals surface area contributed by atoms with E-state index >= 15 is 0 Å². The molecule has 190 valence electrons. The lowest BCUT2D eigenvalue weighted by Crippen LogP contribution is -2.44. The molecule has 5 rings (SSSR count). The number of halogens is 4. The van der Waals surface area contributed by atoms with Crippen LogP contribution >= 0.6 is 11.8 Å². The van der Waals surface area contributed by atoms with Crippen molar-refractivity contribution in [2.75, 3.05) is 5.75 Å². The lowest BCUT2D eigenvalue weighted by molar-refractivity contribution is -0.138. The predicted molar refractivity (Wildman–Crippen MR) is 134 cm³/mol. The summed E-state index contributed by atoms with van der Waals surface area (Å²) >= 11 is 1.06. The van der Waals surface area contributed by atoms with Crippen molar-refractivity contribution in [2.24, 2.45) is 5.73 Å². The van der Waals surface area contributed by atoms with Gasteiger partial charge in [-0.3, -0.25) is 13.9 Å². The van der Waals surface area contributed by atoms with E-state index in [2.05, 4.69) is 0 Å². The Morgan fingerprint density at radius 2 is 1.59 bits per heavy atom. The number of hydrogen-bond acceptors (Lipinski definition) is 4. The molecule has 2 atom stereocenters. The topological polar surface area (TPSA) is 70.0 Å². The lowest BCUT2D eigenvalue weighted by Gasteiger charge is -2.22. The highest BCUT2D eigenvalue weighted by Gasteiger charge is 2.39. The smallest absolute Gasteiger partial charge is 0.322 e. The van der Waals surface area contributed by atoms with Crippen LogP contribution in [0.1, 0.15) is 28.8 Å². The van der Waals surface area contributed by atoms with Crippen molar-refractivity contribution in [1.29, 1.82) is 0 Å². The predicted octanol–water partition coefficient (Wildman–Crippen LogP) is 5.23. The molecule has 0 spiro atoms. The number of aromatic nitrogens is 2. The van der Waals surface area contributed by atoms with Gasteiger partial charge < -0.3 is 5.73 Å². The van der Waals surface area contributed by atoms with Crippen LogP contribution in [0.4, 0.5) is 17.6 Å². The van der Waals surface area contributed by atoms with Crippen molar-refractivity contribution in [2.45, 2.75) is 29.8 Å². The van der Waals surface area contributed by atoms with E-state index in [9.17, 15) is 27.2 Å².